The molecule has 36 heavy (non-hydrogen) atoms. The second-order valence-electron chi connectivity index (χ2n) is 8.68. The molecule has 0 spiro atoms. The number of nitrogens with one attached hydrogen (secondary N) is 1. The lowest BCUT2D eigenvalue weighted by molar-refractivity contribution is -0.352. The molecular formula is C22H18F6N4O4. The number of carbonyl (C=O) groups excluding carboxylic acids is 1. The van der Waals surface area contributed by atoms with Gasteiger partial charge in [-0.2, -0.15) is 0 Å². The van der Waals surface area contributed by atoms with Crippen LogP contribution in [0, 0.1) is 5.82 Å². The molecule has 1 saturated carbocycles. The molecule has 1 aromatic carbocycles. The number of halogens is 6. The number of ether oxygens (including phenoxy) is 2. The highest BCUT2D eigenvalue weighted by atomic mass is 19.4. The molecule has 2 fully saturated rings. The lowest BCUT2D eigenvalue weighted by Gasteiger charge is -2.35. The van der Waals surface area contributed by atoms with Crippen molar-refractivity contribution in [1.29, 1.82) is 0 Å². The first kappa shape index (κ1) is 24.4. The number of aromatic nitrogens is 3. The number of carbonyl (C=O) groups is 1. The Hall–Kier alpha value is -3.26. The molecule has 2 aliphatic rings. The van der Waals surface area contributed by atoms with E-state index in [4.69, 9.17) is 9.15 Å². The zero-order valence-electron chi connectivity index (χ0n) is 18.3. The number of rotatable bonds is 5. The minimum Gasteiger partial charge on any atom is -0.422 e. The van der Waals surface area contributed by atoms with E-state index >= 15 is 0 Å². The van der Waals surface area contributed by atoms with Crippen molar-refractivity contribution in [3.63, 3.8) is 0 Å². The summed E-state index contributed by atoms with van der Waals surface area (Å²) >= 11 is 0. The molecule has 0 bridgehead atoms. The minimum atomic E-state index is -4.74. The van der Waals surface area contributed by atoms with Gasteiger partial charge in [0.2, 0.25) is 11.8 Å². The zero-order valence-corrected chi connectivity index (χ0v) is 18.3. The van der Waals surface area contributed by atoms with Crippen LogP contribution in [0.25, 0.3) is 10.9 Å². The summed E-state index contributed by atoms with van der Waals surface area (Å²) in [4.78, 5) is 16.6. The van der Waals surface area contributed by atoms with E-state index in [1.54, 1.807) is 0 Å². The summed E-state index contributed by atoms with van der Waals surface area (Å²) in [5.41, 5.74) is 0.201. The number of hydrogen-bond acceptors (Lipinski definition) is 7. The zero-order chi connectivity index (χ0) is 25.7. The molecule has 1 aliphatic heterocycles. The number of benzene rings is 1. The van der Waals surface area contributed by atoms with Gasteiger partial charge in [-0.3, -0.25) is 9.53 Å². The Morgan fingerprint density at radius 2 is 1.86 bits per heavy atom. The number of nitrogens with zero attached hydrogens (tertiary/aromatic N) is 3. The van der Waals surface area contributed by atoms with Crippen molar-refractivity contribution in [3.8, 4) is 0 Å². The first-order chi connectivity index (χ1) is 17.0. The minimum absolute atomic E-state index is 0.00861. The maximum atomic E-state index is 14.9. The van der Waals surface area contributed by atoms with E-state index in [2.05, 4.69) is 25.2 Å². The van der Waals surface area contributed by atoms with Crippen molar-refractivity contribution in [2.45, 2.75) is 55.7 Å². The van der Waals surface area contributed by atoms with Crippen LogP contribution in [0.4, 0.5) is 26.3 Å². The first-order valence-electron chi connectivity index (χ1n) is 10.9. The van der Waals surface area contributed by atoms with Crippen LogP contribution >= 0.6 is 0 Å². The molecule has 14 heteroatoms. The summed E-state index contributed by atoms with van der Waals surface area (Å²) in [6.45, 7) is -0.565. The molecule has 0 radical (unpaired) electrons. The van der Waals surface area contributed by atoms with Crippen LogP contribution in [0.3, 0.4) is 0 Å². The fourth-order valence-electron chi connectivity index (χ4n) is 4.14. The smallest absolute Gasteiger partial charge is 0.422 e. The molecule has 1 N–H and O–H groups in total. The predicted octanol–water partition coefficient (Wildman–Crippen LogP) is 4.43. The van der Waals surface area contributed by atoms with Gasteiger partial charge in [0.1, 0.15) is 23.7 Å². The molecule has 1 saturated heterocycles. The predicted molar refractivity (Wildman–Crippen MR) is 108 cm³/mol. The lowest BCUT2D eigenvalue weighted by Crippen LogP contribution is -2.54. The van der Waals surface area contributed by atoms with E-state index in [1.807, 2.05) is 0 Å². The van der Waals surface area contributed by atoms with Crippen LogP contribution in [-0.2, 0) is 9.47 Å². The molecule has 1 aliphatic carbocycles. The monoisotopic (exact) mass is 516 g/mol. The summed E-state index contributed by atoms with van der Waals surface area (Å²) < 4.78 is 94.5. The van der Waals surface area contributed by atoms with E-state index in [-0.39, 0.29) is 30.3 Å². The van der Waals surface area contributed by atoms with Crippen molar-refractivity contribution in [2.75, 3.05) is 6.61 Å². The third kappa shape index (κ3) is 5.14. The standard InChI is InChI=1S/C22H18F6N4O4/c23-12-2-4-14-10(5-12)1-3-15(29-14)18(33)30-17-9-34-16(8-21(17,24)25)20-32-31-19(35-20)11-6-13(7-11)36-22(26,27)28/h1-5,11,13,16-17H,6-9H2,(H,30,33)/t11-,13+,16-,17-/m1/s1. The van der Waals surface area contributed by atoms with Gasteiger partial charge in [0.25, 0.3) is 11.8 Å². The van der Waals surface area contributed by atoms with Gasteiger partial charge in [-0.15, -0.1) is 23.4 Å². The van der Waals surface area contributed by atoms with Gasteiger partial charge in [0, 0.05) is 17.7 Å². The van der Waals surface area contributed by atoms with Crippen LogP contribution in [0.1, 0.15) is 53.6 Å². The Labute approximate surface area is 199 Å². The van der Waals surface area contributed by atoms with E-state index in [9.17, 15) is 31.1 Å². The quantitative estimate of drug-likeness (QED) is 0.501. The Morgan fingerprint density at radius 3 is 2.58 bits per heavy atom. The summed E-state index contributed by atoms with van der Waals surface area (Å²) in [6, 6.07) is 4.86. The molecule has 0 unspecified atom stereocenters. The second-order valence-corrected chi connectivity index (χ2v) is 8.68. The van der Waals surface area contributed by atoms with E-state index in [1.165, 1.54) is 30.3 Å². The van der Waals surface area contributed by atoms with Crippen molar-refractivity contribution in [2.24, 2.45) is 0 Å². The maximum absolute atomic E-state index is 14.9. The van der Waals surface area contributed by atoms with Gasteiger partial charge >= 0.3 is 6.36 Å². The third-order valence-corrected chi connectivity index (χ3v) is 6.10. The Balaban J connectivity index is 1.19. The van der Waals surface area contributed by atoms with Crippen molar-refractivity contribution in [3.05, 3.63) is 53.6 Å². The highest BCUT2D eigenvalue weighted by molar-refractivity contribution is 5.95. The van der Waals surface area contributed by atoms with E-state index in [0.717, 1.165) is 0 Å². The van der Waals surface area contributed by atoms with Crippen LogP contribution in [0.2, 0.25) is 0 Å². The van der Waals surface area contributed by atoms with Gasteiger partial charge < -0.3 is 14.5 Å². The summed E-state index contributed by atoms with van der Waals surface area (Å²) in [5.74, 6) is -5.41. The number of pyridine rings is 1. The van der Waals surface area contributed by atoms with E-state index < -0.39 is 61.2 Å². The average molecular weight is 516 g/mol. The Kier molecular flexibility index (Phi) is 6.11. The lowest BCUT2D eigenvalue weighted by atomic mass is 9.82. The fraction of sp³-hybridized carbons (Fsp3) is 0.455. The van der Waals surface area contributed by atoms with Gasteiger partial charge in [-0.1, -0.05) is 6.07 Å². The SMILES string of the molecule is O=C(N[C@@H]1CO[C@@H](c2nnc([C@H]3C[C@@H](OC(F)(F)F)C3)o2)CC1(F)F)c1ccc2cc(F)ccc2n1. The van der Waals surface area contributed by atoms with Crippen molar-refractivity contribution < 1.29 is 45.0 Å². The van der Waals surface area contributed by atoms with E-state index in [0.29, 0.717) is 10.9 Å². The highest BCUT2D eigenvalue weighted by Gasteiger charge is 2.49. The van der Waals surface area contributed by atoms with Crippen LogP contribution in [0.15, 0.2) is 34.7 Å². The molecule has 3 aromatic rings. The summed E-state index contributed by atoms with van der Waals surface area (Å²) in [6.07, 6.45) is -7.88. The topological polar surface area (TPSA) is 99.4 Å². The molecular weight excluding hydrogens is 498 g/mol. The second kappa shape index (κ2) is 9.00. The third-order valence-electron chi connectivity index (χ3n) is 6.10. The van der Waals surface area contributed by atoms with Crippen LogP contribution in [-0.4, -0.2) is 52.1 Å². The van der Waals surface area contributed by atoms with Crippen molar-refractivity contribution >= 4 is 16.8 Å². The number of fused-ring (bicyclic) bond motifs is 1. The Morgan fingerprint density at radius 1 is 1.11 bits per heavy atom. The number of hydrogen-bond donors (Lipinski definition) is 1. The normalized spacial score (nSPS) is 25.9. The van der Waals surface area contributed by atoms with Crippen LogP contribution < -0.4 is 5.32 Å². The molecule has 8 nitrogen and oxygen atoms in total. The largest absolute Gasteiger partial charge is 0.522 e. The molecule has 2 aromatic heterocycles. The first-order valence-corrected chi connectivity index (χ1v) is 10.9. The average Bonchev–Trinajstić information content (AvgIpc) is 3.25. The van der Waals surface area contributed by atoms with Gasteiger partial charge in [-0.25, -0.2) is 18.2 Å². The summed E-state index contributed by atoms with van der Waals surface area (Å²) in [7, 11) is 0. The molecule has 3 heterocycles. The molecule has 192 valence electrons. The number of alkyl halides is 5. The number of amides is 1. The fourth-order valence-corrected chi connectivity index (χ4v) is 4.14. The van der Waals surface area contributed by atoms with Gasteiger partial charge in [-0.05, 0) is 37.1 Å². The van der Waals surface area contributed by atoms with Crippen molar-refractivity contribution in [1.82, 2.24) is 20.5 Å². The van der Waals surface area contributed by atoms with Gasteiger partial charge in [0.15, 0.2) is 0 Å². The summed E-state index contributed by atoms with van der Waals surface area (Å²) in [5, 5.41) is 10.1. The molecule has 2 atom stereocenters. The van der Waals surface area contributed by atoms with Gasteiger partial charge in [0.05, 0.1) is 18.2 Å². The van der Waals surface area contributed by atoms with Crippen LogP contribution in [0.5, 0.6) is 0 Å². The highest BCUT2D eigenvalue weighted by Crippen LogP contribution is 2.42. The molecule has 5 rings (SSSR count). The Bertz CT molecular complexity index is 1280. The maximum Gasteiger partial charge on any atom is 0.522 e. The molecule has 1 amide bonds.